The Labute approximate surface area is 135 Å². The van der Waals surface area contributed by atoms with Crippen LogP contribution in [-0.4, -0.2) is 37.0 Å². The van der Waals surface area contributed by atoms with Gasteiger partial charge in [-0.2, -0.15) is 0 Å². The van der Waals surface area contributed by atoms with E-state index in [0.29, 0.717) is 12.2 Å². The van der Waals surface area contributed by atoms with Gasteiger partial charge in [0.2, 0.25) is 5.91 Å². The van der Waals surface area contributed by atoms with Crippen LogP contribution in [0.1, 0.15) is 40.0 Å². The smallest absolute Gasteiger partial charge is 0.330 e. The Morgan fingerprint density at radius 1 is 1.26 bits per heavy atom. The summed E-state index contributed by atoms with van der Waals surface area (Å²) in [5, 5.41) is 0. The van der Waals surface area contributed by atoms with Gasteiger partial charge in [0.25, 0.3) is 0 Å². The highest BCUT2D eigenvalue weighted by atomic mass is 16.2. The molecule has 6 nitrogen and oxygen atoms in total. The summed E-state index contributed by atoms with van der Waals surface area (Å²) in [6.07, 6.45) is 4.90. The molecule has 0 aliphatic carbocycles. The lowest BCUT2D eigenvalue weighted by molar-refractivity contribution is -0.137. The molecular formula is C17H24N4O2. The minimum atomic E-state index is -0.160. The van der Waals surface area contributed by atoms with Gasteiger partial charge in [-0.05, 0) is 52.2 Å². The van der Waals surface area contributed by atoms with Crippen molar-refractivity contribution in [2.45, 2.75) is 65.2 Å². The summed E-state index contributed by atoms with van der Waals surface area (Å²) in [5.74, 6) is 0.0193. The van der Waals surface area contributed by atoms with Crippen LogP contribution in [0.5, 0.6) is 0 Å². The molecule has 3 heterocycles. The highest BCUT2D eigenvalue weighted by molar-refractivity contribution is 5.80. The maximum Gasteiger partial charge on any atom is 0.330 e. The topological polar surface area (TPSA) is 60.1 Å². The standard InChI is InChI=1S/C17H24N4O2/c1-4-19-16-14(9-6-10-18-16)20(17(19)23)11-15(22)21-12(2)7-5-8-13(21)3/h6,9-10,12-13H,4-5,7-8,11H2,1-3H3/t12-,13-/m0/s1. The van der Waals surface area contributed by atoms with E-state index in [-0.39, 0.29) is 30.2 Å². The Hall–Kier alpha value is -2.11. The van der Waals surface area contributed by atoms with E-state index in [1.807, 2.05) is 17.9 Å². The second-order valence-corrected chi connectivity index (χ2v) is 6.39. The van der Waals surface area contributed by atoms with Crippen LogP contribution in [0.15, 0.2) is 23.1 Å². The van der Waals surface area contributed by atoms with Crippen LogP contribution in [0.25, 0.3) is 11.2 Å². The second kappa shape index (κ2) is 6.18. The van der Waals surface area contributed by atoms with Crippen molar-refractivity contribution in [3.05, 3.63) is 28.8 Å². The minimum absolute atomic E-state index is 0.0193. The minimum Gasteiger partial charge on any atom is -0.336 e. The number of carbonyl (C=O) groups is 1. The fourth-order valence-corrected chi connectivity index (χ4v) is 3.71. The normalized spacial score (nSPS) is 21.8. The summed E-state index contributed by atoms with van der Waals surface area (Å²) < 4.78 is 3.17. The first-order valence-electron chi connectivity index (χ1n) is 8.39. The van der Waals surface area contributed by atoms with Crippen molar-refractivity contribution < 1.29 is 4.79 Å². The van der Waals surface area contributed by atoms with Gasteiger partial charge in [-0.15, -0.1) is 0 Å². The monoisotopic (exact) mass is 316 g/mol. The van der Waals surface area contributed by atoms with Crippen molar-refractivity contribution in [3.63, 3.8) is 0 Å². The van der Waals surface area contributed by atoms with Gasteiger partial charge in [0.15, 0.2) is 5.65 Å². The molecule has 0 aromatic carbocycles. The maximum atomic E-state index is 12.8. The number of rotatable bonds is 3. The zero-order valence-electron chi connectivity index (χ0n) is 14.0. The van der Waals surface area contributed by atoms with Gasteiger partial charge >= 0.3 is 5.69 Å². The van der Waals surface area contributed by atoms with E-state index in [0.717, 1.165) is 24.8 Å². The number of nitrogens with zero attached hydrogens (tertiary/aromatic N) is 4. The van der Waals surface area contributed by atoms with E-state index >= 15 is 0 Å². The Balaban J connectivity index is 1.97. The molecule has 2 atom stereocenters. The molecule has 1 aliphatic rings. The van der Waals surface area contributed by atoms with Crippen LogP contribution < -0.4 is 5.69 Å². The number of fused-ring (bicyclic) bond motifs is 1. The lowest BCUT2D eigenvalue weighted by Crippen LogP contribution is -2.49. The first-order chi connectivity index (χ1) is 11.0. The summed E-state index contributed by atoms with van der Waals surface area (Å²) in [4.78, 5) is 31.7. The first-order valence-corrected chi connectivity index (χ1v) is 8.39. The molecule has 1 fully saturated rings. The summed E-state index contributed by atoms with van der Waals surface area (Å²) in [7, 11) is 0. The van der Waals surface area contributed by atoms with Gasteiger partial charge in [-0.3, -0.25) is 13.9 Å². The van der Waals surface area contributed by atoms with Gasteiger partial charge in [-0.25, -0.2) is 9.78 Å². The molecule has 0 saturated carbocycles. The number of hydrogen-bond acceptors (Lipinski definition) is 3. The van der Waals surface area contributed by atoms with E-state index in [4.69, 9.17) is 0 Å². The first kappa shape index (κ1) is 15.8. The Morgan fingerprint density at radius 2 is 1.96 bits per heavy atom. The summed E-state index contributed by atoms with van der Waals surface area (Å²) in [5.41, 5.74) is 1.21. The van der Waals surface area contributed by atoms with Crippen LogP contribution in [0, 0.1) is 0 Å². The predicted molar refractivity (Wildman–Crippen MR) is 89.3 cm³/mol. The van der Waals surface area contributed by atoms with Crippen molar-refractivity contribution in [2.75, 3.05) is 0 Å². The number of aryl methyl sites for hydroxylation is 1. The quantitative estimate of drug-likeness (QED) is 0.870. The average molecular weight is 316 g/mol. The molecule has 6 heteroatoms. The largest absolute Gasteiger partial charge is 0.336 e. The number of hydrogen-bond donors (Lipinski definition) is 0. The van der Waals surface area contributed by atoms with Crippen LogP contribution in [0.3, 0.4) is 0 Å². The van der Waals surface area contributed by atoms with Crippen molar-refractivity contribution in [1.82, 2.24) is 19.0 Å². The highest BCUT2D eigenvalue weighted by Gasteiger charge is 2.29. The van der Waals surface area contributed by atoms with Crippen LogP contribution in [0.2, 0.25) is 0 Å². The molecule has 1 aliphatic heterocycles. The van der Waals surface area contributed by atoms with Gasteiger partial charge in [-0.1, -0.05) is 0 Å². The number of pyridine rings is 1. The molecule has 0 unspecified atom stereocenters. The zero-order chi connectivity index (χ0) is 16.6. The van der Waals surface area contributed by atoms with Crippen LogP contribution >= 0.6 is 0 Å². The molecule has 0 bridgehead atoms. The van der Waals surface area contributed by atoms with Crippen LogP contribution in [0.4, 0.5) is 0 Å². The van der Waals surface area contributed by atoms with Gasteiger partial charge in [0.1, 0.15) is 6.54 Å². The van der Waals surface area contributed by atoms with E-state index in [9.17, 15) is 9.59 Å². The molecular weight excluding hydrogens is 292 g/mol. The lowest BCUT2D eigenvalue weighted by atomic mass is 9.97. The van der Waals surface area contributed by atoms with Crippen LogP contribution in [-0.2, 0) is 17.9 Å². The van der Waals surface area contributed by atoms with E-state index < -0.39 is 0 Å². The molecule has 23 heavy (non-hydrogen) atoms. The molecule has 3 rings (SSSR count). The zero-order valence-corrected chi connectivity index (χ0v) is 14.0. The molecule has 2 aromatic heterocycles. The number of likely N-dealkylation sites (tertiary alicyclic amines) is 1. The number of imidazole rings is 1. The Kier molecular flexibility index (Phi) is 4.24. The van der Waals surface area contributed by atoms with Crippen molar-refractivity contribution in [2.24, 2.45) is 0 Å². The summed E-state index contributed by atoms with van der Waals surface area (Å²) >= 11 is 0. The summed E-state index contributed by atoms with van der Waals surface area (Å²) in [6, 6.07) is 4.13. The number of aromatic nitrogens is 3. The van der Waals surface area contributed by atoms with Gasteiger partial charge < -0.3 is 4.90 Å². The maximum absolute atomic E-state index is 12.8. The van der Waals surface area contributed by atoms with Crippen molar-refractivity contribution >= 4 is 17.1 Å². The molecule has 0 N–H and O–H groups in total. The van der Waals surface area contributed by atoms with E-state index in [2.05, 4.69) is 18.8 Å². The van der Waals surface area contributed by atoms with Gasteiger partial charge in [0.05, 0.1) is 5.52 Å². The molecule has 1 amide bonds. The fraction of sp³-hybridized carbons (Fsp3) is 0.588. The molecule has 2 aromatic rings. The molecule has 1 saturated heterocycles. The highest BCUT2D eigenvalue weighted by Crippen LogP contribution is 2.23. The average Bonchev–Trinajstić information content (AvgIpc) is 2.79. The molecule has 124 valence electrons. The molecule has 0 radical (unpaired) electrons. The number of carbonyl (C=O) groups excluding carboxylic acids is 1. The van der Waals surface area contributed by atoms with Gasteiger partial charge in [0, 0.05) is 24.8 Å². The van der Waals surface area contributed by atoms with E-state index in [1.54, 1.807) is 21.4 Å². The number of piperidine rings is 1. The molecule has 0 spiro atoms. The van der Waals surface area contributed by atoms with E-state index in [1.165, 1.54) is 0 Å². The Bertz CT molecular complexity index is 766. The van der Waals surface area contributed by atoms with Crippen molar-refractivity contribution in [1.29, 1.82) is 0 Å². The third-order valence-electron chi connectivity index (χ3n) is 4.87. The third-order valence-corrected chi connectivity index (χ3v) is 4.87. The Morgan fingerprint density at radius 3 is 2.61 bits per heavy atom. The second-order valence-electron chi connectivity index (χ2n) is 6.39. The number of amides is 1. The fourth-order valence-electron chi connectivity index (χ4n) is 3.71. The predicted octanol–water partition coefficient (Wildman–Crippen LogP) is 2.01. The third kappa shape index (κ3) is 2.66. The summed E-state index contributed by atoms with van der Waals surface area (Å²) in [6.45, 7) is 6.73. The lowest BCUT2D eigenvalue weighted by Gasteiger charge is -2.39. The van der Waals surface area contributed by atoms with Crippen molar-refractivity contribution in [3.8, 4) is 0 Å². The SMILES string of the molecule is CCn1c(=O)n(CC(=O)N2[C@@H](C)CCC[C@@H]2C)c2cccnc21.